The van der Waals surface area contributed by atoms with Gasteiger partial charge in [0.2, 0.25) is 0 Å². The van der Waals surface area contributed by atoms with Gasteiger partial charge in [0.05, 0.1) is 0 Å². The van der Waals surface area contributed by atoms with Gasteiger partial charge in [0.25, 0.3) is 0 Å². The van der Waals surface area contributed by atoms with Crippen molar-refractivity contribution in [3.8, 4) is 0 Å². The molecule has 1 rings (SSSR count). The number of hydrogen-bond donors (Lipinski definition) is 1. The summed E-state index contributed by atoms with van der Waals surface area (Å²) in [6.07, 6.45) is 0. The maximum atomic E-state index is 12.6. The second kappa shape index (κ2) is 6.02. The highest BCUT2D eigenvalue weighted by atomic mass is 127. The van der Waals surface area contributed by atoms with Crippen LogP contribution in [0.3, 0.4) is 0 Å². The standard InChI is InChI=1S/C16H24INO2/c1-14(2,3)16(17,15(4,5)18)13(19)20-11-12-9-7-6-8-10-12/h6-10H,11,18H2,1-5H3. The number of esters is 1. The minimum atomic E-state index is -0.799. The van der Waals surface area contributed by atoms with Crippen LogP contribution in [-0.2, 0) is 16.1 Å². The van der Waals surface area contributed by atoms with Crippen LogP contribution in [0.15, 0.2) is 30.3 Å². The smallest absolute Gasteiger partial charge is 0.324 e. The zero-order valence-corrected chi connectivity index (χ0v) is 15.0. The maximum Gasteiger partial charge on any atom is 0.324 e. The quantitative estimate of drug-likeness (QED) is 0.486. The van der Waals surface area contributed by atoms with Crippen LogP contribution in [0, 0.1) is 5.41 Å². The molecule has 0 spiro atoms. The summed E-state index contributed by atoms with van der Waals surface area (Å²) in [5, 5.41) is 0. The summed E-state index contributed by atoms with van der Waals surface area (Å²) in [6.45, 7) is 10.0. The van der Waals surface area contributed by atoms with Crippen LogP contribution in [0.2, 0.25) is 0 Å². The average Bonchev–Trinajstić information content (AvgIpc) is 2.33. The first-order chi connectivity index (χ1) is 9.00. The summed E-state index contributed by atoms with van der Waals surface area (Å²) < 4.78 is 4.72. The number of ether oxygens (including phenoxy) is 1. The van der Waals surface area contributed by atoms with Crippen LogP contribution >= 0.6 is 22.6 Å². The van der Waals surface area contributed by atoms with Crippen molar-refractivity contribution in [1.82, 2.24) is 0 Å². The lowest BCUT2D eigenvalue weighted by Crippen LogP contribution is -2.64. The molecule has 1 aromatic carbocycles. The van der Waals surface area contributed by atoms with Crippen molar-refractivity contribution in [1.29, 1.82) is 0 Å². The van der Waals surface area contributed by atoms with E-state index in [2.05, 4.69) is 22.6 Å². The molecule has 0 saturated carbocycles. The third kappa shape index (κ3) is 3.52. The molecule has 0 aliphatic carbocycles. The number of nitrogens with two attached hydrogens (primary N) is 1. The second-order valence-corrected chi connectivity index (χ2v) is 8.31. The van der Waals surface area contributed by atoms with Gasteiger partial charge in [-0.1, -0.05) is 73.7 Å². The average molecular weight is 389 g/mol. The number of hydrogen-bond acceptors (Lipinski definition) is 3. The largest absolute Gasteiger partial charge is 0.460 e. The molecule has 20 heavy (non-hydrogen) atoms. The van der Waals surface area contributed by atoms with E-state index in [-0.39, 0.29) is 18.0 Å². The Morgan fingerprint density at radius 1 is 1.15 bits per heavy atom. The third-order valence-corrected chi connectivity index (χ3v) is 6.86. The number of carbonyl (C=O) groups excluding carboxylic acids is 1. The van der Waals surface area contributed by atoms with Gasteiger partial charge < -0.3 is 10.5 Å². The molecule has 1 aromatic rings. The van der Waals surface area contributed by atoms with E-state index in [4.69, 9.17) is 10.5 Å². The molecule has 0 aromatic heterocycles. The zero-order chi connectivity index (χ0) is 15.6. The van der Waals surface area contributed by atoms with E-state index >= 15 is 0 Å². The summed E-state index contributed by atoms with van der Waals surface area (Å²) in [4.78, 5) is 12.6. The Balaban J connectivity index is 2.92. The third-order valence-electron chi connectivity index (χ3n) is 3.42. The number of carbonyl (C=O) groups is 1. The van der Waals surface area contributed by atoms with E-state index in [1.54, 1.807) is 0 Å². The second-order valence-electron chi connectivity index (χ2n) is 6.69. The van der Waals surface area contributed by atoms with E-state index < -0.39 is 8.96 Å². The molecule has 0 aliphatic heterocycles. The Kier molecular flexibility index (Phi) is 5.24. The first-order valence-electron chi connectivity index (χ1n) is 6.69. The predicted octanol–water partition coefficient (Wildman–Crippen LogP) is 3.69. The molecule has 0 amide bonds. The van der Waals surface area contributed by atoms with E-state index in [9.17, 15) is 4.79 Å². The fourth-order valence-electron chi connectivity index (χ4n) is 2.36. The van der Waals surface area contributed by atoms with Crippen LogP contribution in [0.25, 0.3) is 0 Å². The van der Waals surface area contributed by atoms with E-state index in [0.29, 0.717) is 0 Å². The topological polar surface area (TPSA) is 52.3 Å². The van der Waals surface area contributed by atoms with Crippen LogP contribution in [0.1, 0.15) is 40.2 Å². The lowest BCUT2D eigenvalue weighted by atomic mass is 9.70. The fourth-order valence-corrected chi connectivity index (χ4v) is 2.51. The summed E-state index contributed by atoms with van der Waals surface area (Å²) in [6, 6.07) is 9.67. The van der Waals surface area contributed by atoms with Gasteiger partial charge in [-0.3, -0.25) is 4.79 Å². The van der Waals surface area contributed by atoms with Gasteiger partial charge >= 0.3 is 5.97 Å². The van der Waals surface area contributed by atoms with Crippen molar-refractivity contribution in [3.63, 3.8) is 0 Å². The van der Waals surface area contributed by atoms with Gasteiger partial charge in [0, 0.05) is 5.54 Å². The van der Waals surface area contributed by atoms with Crippen LogP contribution in [-0.4, -0.2) is 14.9 Å². The lowest BCUT2D eigenvalue weighted by molar-refractivity contribution is -0.152. The molecule has 0 aliphatic rings. The van der Waals surface area contributed by atoms with E-state index in [1.165, 1.54) is 0 Å². The first-order valence-corrected chi connectivity index (χ1v) is 7.77. The SMILES string of the molecule is CC(C)(C)C(I)(C(=O)OCc1ccccc1)C(C)(C)N. The molecule has 0 fully saturated rings. The van der Waals surface area contributed by atoms with Crippen molar-refractivity contribution in [2.45, 2.75) is 50.2 Å². The molecule has 112 valence electrons. The van der Waals surface area contributed by atoms with Gasteiger partial charge in [-0.15, -0.1) is 0 Å². The monoisotopic (exact) mass is 389 g/mol. The Hall–Kier alpha value is -0.620. The Bertz CT molecular complexity index is 444. The van der Waals surface area contributed by atoms with Crippen molar-refractivity contribution < 1.29 is 9.53 Å². The van der Waals surface area contributed by atoms with Crippen LogP contribution in [0.4, 0.5) is 0 Å². The van der Waals surface area contributed by atoms with E-state index in [0.717, 1.165) is 5.56 Å². The Morgan fingerprint density at radius 3 is 2.05 bits per heavy atom. The maximum absolute atomic E-state index is 12.6. The number of benzene rings is 1. The molecule has 0 saturated heterocycles. The highest BCUT2D eigenvalue weighted by Crippen LogP contribution is 2.46. The molecule has 0 radical (unpaired) electrons. The minimum Gasteiger partial charge on any atom is -0.460 e. The zero-order valence-electron chi connectivity index (χ0n) is 12.9. The normalized spacial score (nSPS) is 15.6. The molecular weight excluding hydrogens is 365 g/mol. The van der Waals surface area contributed by atoms with Gasteiger partial charge in [-0.05, 0) is 24.8 Å². The van der Waals surface area contributed by atoms with Crippen LogP contribution in [0.5, 0.6) is 0 Å². The summed E-state index contributed by atoms with van der Waals surface area (Å²) in [5.74, 6) is -0.262. The summed E-state index contributed by atoms with van der Waals surface area (Å²) >= 11 is 2.16. The Morgan fingerprint density at radius 2 is 1.65 bits per heavy atom. The molecule has 1 unspecified atom stereocenters. The van der Waals surface area contributed by atoms with Crippen molar-refractivity contribution >= 4 is 28.6 Å². The first kappa shape index (κ1) is 17.4. The molecule has 4 heteroatoms. The van der Waals surface area contributed by atoms with E-state index in [1.807, 2.05) is 65.0 Å². The molecule has 1 atom stereocenters. The van der Waals surface area contributed by atoms with Gasteiger partial charge in [-0.2, -0.15) is 0 Å². The number of halogens is 1. The fraction of sp³-hybridized carbons (Fsp3) is 0.562. The van der Waals surface area contributed by atoms with Crippen molar-refractivity contribution in [2.24, 2.45) is 11.1 Å². The highest BCUT2D eigenvalue weighted by Gasteiger charge is 2.56. The van der Waals surface area contributed by atoms with Crippen molar-refractivity contribution in [2.75, 3.05) is 0 Å². The highest BCUT2D eigenvalue weighted by molar-refractivity contribution is 14.1. The lowest BCUT2D eigenvalue weighted by Gasteiger charge is -2.46. The Labute approximate surface area is 135 Å². The summed E-state index contributed by atoms with van der Waals surface area (Å²) in [7, 11) is 0. The molecule has 2 N–H and O–H groups in total. The molecule has 3 nitrogen and oxygen atoms in total. The number of alkyl halides is 1. The molecule has 0 heterocycles. The van der Waals surface area contributed by atoms with Crippen LogP contribution < -0.4 is 5.73 Å². The van der Waals surface area contributed by atoms with Gasteiger partial charge in [-0.25, -0.2) is 0 Å². The number of rotatable bonds is 4. The minimum absolute atomic E-state index is 0.262. The van der Waals surface area contributed by atoms with Gasteiger partial charge in [0.1, 0.15) is 10.0 Å². The summed E-state index contributed by atoms with van der Waals surface area (Å²) in [5.41, 5.74) is 6.25. The predicted molar refractivity (Wildman–Crippen MR) is 90.7 cm³/mol. The molecule has 0 bridgehead atoms. The van der Waals surface area contributed by atoms with Gasteiger partial charge in [0.15, 0.2) is 0 Å². The van der Waals surface area contributed by atoms with Crippen molar-refractivity contribution in [3.05, 3.63) is 35.9 Å². The molecular formula is C16H24INO2.